The fraction of sp³-hybridized carbons (Fsp3) is 0.800. The second kappa shape index (κ2) is 11.7. The number of nitrogens with one attached hydrogen (secondary N) is 3. The Balaban J connectivity index is 2.74. The van der Waals surface area contributed by atoms with Gasteiger partial charge in [0.2, 0.25) is 17.7 Å². The van der Waals surface area contributed by atoms with Gasteiger partial charge < -0.3 is 21.1 Å². The Bertz CT molecular complexity index is 556. The lowest BCUT2D eigenvalue weighted by Crippen LogP contribution is -2.56. The van der Waals surface area contributed by atoms with Gasteiger partial charge in [-0.05, 0) is 25.2 Å². The van der Waals surface area contributed by atoms with E-state index in [0.29, 0.717) is 6.42 Å². The first kappa shape index (κ1) is 23.9. The van der Waals surface area contributed by atoms with Crippen molar-refractivity contribution in [1.82, 2.24) is 16.0 Å². The summed E-state index contributed by atoms with van der Waals surface area (Å²) in [6.07, 6.45) is 6.91. The van der Waals surface area contributed by atoms with Gasteiger partial charge >= 0.3 is 5.97 Å². The van der Waals surface area contributed by atoms with Crippen molar-refractivity contribution in [2.45, 2.75) is 90.8 Å². The first-order valence-corrected chi connectivity index (χ1v) is 10.2. The molecule has 0 unspecified atom stereocenters. The third-order valence-electron chi connectivity index (χ3n) is 5.22. The molecule has 0 heterocycles. The molecule has 1 saturated carbocycles. The topological polar surface area (TPSA) is 125 Å². The van der Waals surface area contributed by atoms with E-state index < -0.39 is 35.9 Å². The van der Waals surface area contributed by atoms with Gasteiger partial charge in [-0.2, -0.15) is 0 Å². The Kier molecular flexibility index (Phi) is 9.96. The first-order valence-electron chi connectivity index (χ1n) is 10.2. The summed E-state index contributed by atoms with van der Waals surface area (Å²) in [4.78, 5) is 47.8. The number of carboxylic acids is 1. The van der Waals surface area contributed by atoms with Crippen molar-refractivity contribution in [3.63, 3.8) is 0 Å². The van der Waals surface area contributed by atoms with Gasteiger partial charge in [0.1, 0.15) is 18.1 Å². The molecule has 0 spiro atoms. The molecule has 0 aliphatic heterocycles. The maximum absolute atomic E-state index is 12.7. The number of carboxylic acid groups (broad SMARTS) is 1. The molecule has 1 fully saturated rings. The van der Waals surface area contributed by atoms with E-state index in [4.69, 9.17) is 0 Å². The highest BCUT2D eigenvalue weighted by Gasteiger charge is 2.31. The van der Waals surface area contributed by atoms with E-state index in [0.717, 1.165) is 25.7 Å². The van der Waals surface area contributed by atoms with Crippen LogP contribution in [0.4, 0.5) is 0 Å². The van der Waals surface area contributed by atoms with Crippen LogP contribution in [0.3, 0.4) is 0 Å². The Morgan fingerprint density at radius 2 is 1.46 bits per heavy atom. The average molecular weight is 398 g/mol. The SMILES string of the molecule is CC(=O)N[C@@H](C)C(=O)N[C@H](C(=O)N[C@@H](CC1CCCCCC1)C(=O)O)C(C)C. The van der Waals surface area contributed by atoms with E-state index in [2.05, 4.69) is 16.0 Å². The summed E-state index contributed by atoms with van der Waals surface area (Å²) in [5.74, 6) is -2.35. The van der Waals surface area contributed by atoms with Gasteiger partial charge in [0.05, 0.1) is 0 Å². The van der Waals surface area contributed by atoms with Gasteiger partial charge in [0.15, 0.2) is 0 Å². The minimum atomic E-state index is -1.06. The summed E-state index contributed by atoms with van der Waals surface area (Å²) < 4.78 is 0. The summed E-state index contributed by atoms with van der Waals surface area (Å²) in [7, 11) is 0. The maximum atomic E-state index is 12.7. The molecule has 1 aliphatic rings. The molecule has 160 valence electrons. The van der Waals surface area contributed by atoms with E-state index in [1.54, 1.807) is 13.8 Å². The molecule has 4 N–H and O–H groups in total. The molecule has 1 aliphatic carbocycles. The molecule has 0 radical (unpaired) electrons. The molecule has 1 rings (SSSR count). The largest absolute Gasteiger partial charge is 0.480 e. The van der Waals surface area contributed by atoms with Crippen molar-refractivity contribution in [1.29, 1.82) is 0 Å². The van der Waals surface area contributed by atoms with Crippen LogP contribution in [0.2, 0.25) is 0 Å². The lowest BCUT2D eigenvalue weighted by Gasteiger charge is -2.26. The summed E-state index contributed by atoms with van der Waals surface area (Å²) in [6, 6.07) is -2.63. The van der Waals surface area contributed by atoms with Gasteiger partial charge in [-0.15, -0.1) is 0 Å². The third-order valence-corrected chi connectivity index (χ3v) is 5.22. The van der Waals surface area contributed by atoms with Crippen molar-refractivity contribution < 1.29 is 24.3 Å². The van der Waals surface area contributed by atoms with Gasteiger partial charge in [0.25, 0.3) is 0 Å². The van der Waals surface area contributed by atoms with Crippen LogP contribution in [0.15, 0.2) is 0 Å². The molecule has 0 aromatic rings. The molecule has 28 heavy (non-hydrogen) atoms. The molecule has 8 heteroatoms. The first-order chi connectivity index (χ1) is 13.1. The number of aliphatic carboxylic acids is 1. The van der Waals surface area contributed by atoms with Crippen LogP contribution in [0.25, 0.3) is 0 Å². The minimum absolute atomic E-state index is 0.235. The molecule has 0 bridgehead atoms. The average Bonchev–Trinajstić information content (AvgIpc) is 2.86. The predicted octanol–water partition coefficient (Wildman–Crippen LogP) is 1.58. The third kappa shape index (κ3) is 8.27. The highest BCUT2D eigenvalue weighted by atomic mass is 16.4. The van der Waals surface area contributed by atoms with E-state index in [9.17, 15) is 24.3 Å². The molecule has 0 aromatic heterocycles. The predicted molar refractivity (Wildman–Crippen MR) is 105 cm³/mol. The minimum Gasteiger partial charge on any atom is -0.480 e. The second-order valence-corrected chi connectivity index (χ2v) is 8.15. The zero-order valence-corrected chi connectivity index (χ0v) is 17.4. The lowest BCUT2D eigenvalue weighted by atomic mass is 9.92. The van der Waals surface area contributed by atoms with Gasteiger partial charge in [0, 0.05) is 6.92 Å². The smallest absolute Gasteiger partial charge is 0.326 e. The van der Waals surface area contributed by atoms with Crippen LogP contribution in [-0.4, -0.2) is 46.9 Å². The van der Waals surface area contributed by atoms with Crippen molar-refractivity contribution in [3.8, 4) is 0 Å². The maximum Gasteiger partial charge on any atom is 0.326 e. The summed E-state index contributed by atoms with van der Waals surface area (Å²) >= 11 is 0. The van der Waals surface area contributed by atoms with Crippen LogP contribution in [0, 0.1) is 11.8 Å². The molecule has 8 nitrogen and oxygen atoms in total. The van der Waals surface area contributed by atoms with Crippen molar-refractivity contribution in [2.24, 2.45) is 11.8 Å². The van der Waals surface area contributed by atoms with Crippen molar-refractivity contribution in [3.05, 3.63) is 0 Å². The highest BCUT2D eigenvalue weighted by molar-refractivity contribution is 5.93. The standard InChI is InChI=1S/C20H35N3O5/c1-12(2)17(23-18(25)13(3)21-14(4)24)19(26)22-16(20(27)28)11-15-9-7-5-6-8-10-15/h12-13,15-17H,5-11H2,1-4H3,(H,21,24)(H,22,26)(H,23,25)(H,27,28)/t13-,16-,17-/m0/s1. The summed E-state index contributed by atoms with van der Waals surface area (Å²) in [6.45, 7) is 6.38. The van der Waals surface area contributed by atoms with E-state index in [-0.39, 0.29) is 17.7 Å². The van der Waals surface area contributed by atoms with E-state index in [1.165, 1.54) is 26.7 Å². The second-order valence-electron chi connectivity index (χ2n) is 8.15. The fourth-order valence-electron chi connectivity index (χ4n) is 3.60. The van der Waals surface area contributed by atoms with Crippen molar-refractivity contribution in [2.75, 3.05) is 0 Å². The Morgan fingerprint density at radius 3 is 1.93 bits per heavy atom. The van der Waals surface area contributed by atoms with Crippen LogP contribution in [0.5, 0.6) is 0 Å². The number of hydrogen-bond acceptors (Lipinski definition) is 4. The zero-order chi connectivity index (χ0) is 21.3. The van der Waals surface area contributed by atoms with Gasteiger partial charge in [-0.3, -0.25) is 14.4 Å². The molecular weight excluding hydrogens is 362 g/mol. The van der Waals surface area contributed by atoms with Gasteiger partial charge in [-0.25, -0.2) is 4.79 Å². The molecule has 3 amide bonds. The molecule has 3 atom stereocenters. The normalized spacial score (nSPS) is 18.5. The number of rotatable bonds is 9. The fourth-order valence-corrected chi connectivity index (χ4v) is 3.60. The Labute approximate surface area is 167 Å². The number of carbonyl (C=O) groups is 4. The number of carbonyl (C=O) groups excluding carboxylic acids is 3. The van der Waals surface area contributed by atoms with Crippen molar-refractivity contribution >= 4 is 23.7 Å². The molecule has 0 aromatic carbocycles. The van der Waals surface area contributed by atoms with E-state index >= 15 is 0 Å². The molecular formula is C20H35N3O5. The number of amides is 3. The van der Waals surface area contributed by atoms with E-state index in [1.807, 2.05) is 0 Å². The Hall–Kier alpha value is -2.12. The van der Waals surface area contributed by atoms with Crippen LogP contribution in [0.1, 0.15) is 72.6 Å². The number of hydrogen-bond donors (Lipinski definition) is 4. The van der Waals surface area contributed by atoms with Crippen LogP contribution in [-0.2, 0) is 19.2 Å². The van der Waals surface area contributed by atoms with Gasteiger partial charge in [-0.1, -0.05) is 52.4 Å². The summed E-state index contributed by atoms with van der Waals surface area (Å²) in [5.41, 5.74) is 0. The quantitative estimate of drug-likeness (QED) is 0.440. The highest BCUT2D eigenvalue weighted by Crippen LogP contribution is 2.26. The Morgan fingerprint density at radius 1 is 0.893 bits per heavy atom. The monoisotopic (exact) mass is 397 g/mol. The summed E-state index contributed by atoms with van der Waals surface area (Å²) in [5, 5.41) is 17.3. The molecule has 0 saturated heterocycles. The van der Waals surface area contributed by atoms with Crippen LogP contribution < -0.4 is 16.0 Å². The van der Waals surface area contributed by atoms with Crippen LogP contribution >= 0.6 is 0 Å². The zero-order valence-electron chi connectivity index (χ0n) is 17.4. The lowest BCUT2D eigenvalue weighted by molar-refractivity contribution is -0.143.